The molecule has 0 aliphatic heterocycles. The zero-order valence-corrected chi connectivity index (χ0v) is 10.1. The Balaban J connectivity index is 2.20. The molecule has 2 nitrogen and oxygen atoms in total. The molecule has 0 aromatic heterocycles. The van der Waals surface area contributed by atoms with Crippen LogP contribution in [0.1, 0.15) is 51.9 Å². The van der Waals surface area contributed by atoms with Gasteiger partial charge in [0.2, 0.25) is 0 Å². The van der Waals surface area contributed by atoms with Gasteiger partial charge in [-0.1, -0.05) is 26.2 Å². The third kappa shape index (κ3) is 4.33. The molecule has 0 saturated heterocycles. The number of methoxy groups -OCH3 is 1. The third-order valence-corrected chi connectivity index (χ3v) is 3.55. The van der Waals surface area contributed by atoms with Gasteiger partial charge in [0.05, 0.1) is 0 Å². The minimum Gasteiger partial charge on any atom is -0.377 e. The maximum absolute atomic E-state index is 11.6. The van der Waals surface area contributed by atoms with Gasteiger partial charge < -0.3 is 4.74 Å². The molecular weight excluding hydrogens is 188 g/mol. The maximum Gasteiger partial charge on any atom is 0.161 e. The predicted octanol–water partition coefficient (Wildman–Crippen LogP) is 3.20. The van der Waals surface area contributed by atoms with Crippen molar-refractivity contribution in [1.29, 1.82) is 0 Å². The van der Waals surface area contributed by atoms with E-state index in [-0.39, 0.29) is 0 Å². The number of unbranched alkanes of at least 4 members (excludes halogenated alkanes) is 1. The highest BCUT2D eigenvalue weighted by Crippen LogP contribution is 2.32. The summed E-state index contributed by atoms with van der Waals surface area (Å²) in [4.78, 5) is 11.6. The molecule has 0 bridgehead atoms. The van der Waals surface area contributed by atoms with Crippen molar-refractivity contribution in [3.8, 4) is 0 Å². The second-order valence-electron chi connectivity index (χ2n) is 4.76. The highest BCUT2D eigenvalue weighted by Gasteiger charge is 2.25. The Morgan fingerprint density at radius 1 is 1.27 bits per heavy atom. The van der Waals surface area contributed by atoms with Gasteiger partial charge in [0.25, 0.3) is 0 Å². The molecule has 1 aliphatic rings. The lowest BCUT2D eigenvalue weighted by Crippen LogP contribution is -2.24. The van der Waals surface area contributed by atoms with Crippen LogP contribution in [0, 0.1) is 11.8 Å². The lowest BCUT2D eigenvalue weighted by Gasteiger charge is -2.27. The van der Waals surface area contributed by atoms with Crippen molar-refractivity contribution in [3.63, 3.8) is 0 Å². The summed E-state index contributed by atoms with van der Waals surface area (Å²) in [6, 6.07) is 0. The molecule has 0 unspecified atom stereocenters. The van der Waals surface area contributed by atoms with E-state index in [0.717, 1.165) is 18.8 Å². The van der Waals surface area contributed by atoms with E-state index in [1.807, 2.05) is 0 Å². The van der Waals surface area contributed by atoms with Gasteiger partial charge in [0, 0.05) is 13.0 Å². The van der Waals surface area contributed by atoms with Crippen LogP contribution in [0.3, 0.4) is 0 Å². The zero-order valence-electron chi connectivity index (χ0n) is 10.1. The summed E-state index contributed by atoms with van der Waals surface area (Å²) in [6.45, 7) is 2.55. The van der Waals surface area contributed by atoms with Gasteiger partial charge >= 0.3 is 0 Å². The summed E-state index contributed by atoms with van der Waals surface area (Å²) in [5, 5.41) is 0. The lowest BCUT2D eigenvalue weighted by molar-refractivity contribution is -0.127. The van der Waals surface area contributed by atoms with Crippen molar-refractivity contribution >= 4 is 5.78 Å². The number of carbonyl (C=O) groups is 1. The Morgan fingerprint density at radius 2 is 1.93 bits per heavy atom. The third-order valence-electron chi connectivity index (χ3n) is 3.55. The van der Waals surface area contributed by atoms with E-state index in [2.05, 4.69) is 6.92 Å². The monoisotopic (exact) mass is 212 g/mol. The van der Waals surface area contributed by atoms with Crippen LogP contribution < -0.4 is 0 Å². The summed E-state index contributed by atoms with van der Waals surface area (Å²) in [7, 11) is 1.60. The Bertz CT molecular complexity index is 181. The summed E-state index contributed by atoms with van der Waals surface area (Å²) in [5.74, 6) is 1.49. The second kappa shape index (κ2) is 7.00. The minimum absolute atomic E-state index is 0.294. The fourth-order valence-corrected chi connectivity index (χ4v) is 2.53. The molecule has 0 amide bonds. The van der Waals surface area contributed by atoms with E-state index in [0.29, 0.717) is 18.3 Å². The summed E-state index contributed by atoms with van der Waals surface area (Å²) < 4.78 is 4.90. The van der Waals surface area contributed by atoms with E-state index in [9.17, 15) is 4.79 Å². The first kappa shape index (κ1) is 12.7. The largest absolute Gasteiger partial charge is 0.377 e. The second-order valence-corrected chi connectivity index (χ2v) is 4.76. The van der Waals surface area contributed by atoms with Gasteiger partial charge in [-0.05, 0) is 31.6 Å². The summed E-state index contributed by atoms with van der Waals surface area (Å²) >= 11 is 0. The van der Waals surface area contributed by atoms with Crippen LogP contribution in [0.4, 0.5) is 0 Å². The topological polar surface area (TPSA) is 26.3 Å². The molecule has 15 heavy (non-hydrogen) atoms. The molecule has 0 aromatic carbocycles. The number of hydrogen-bond donors (Lipinski definition) is 0. The molecule has 0 N–H and O–H groups in total. The van der Waals surface area contributed by atoms with Gasteiger partial charge in [-0.25, -0.2) is 0 Å². The normalized spacial score (nSPS) is 26.5. The van der Waals surface area contributed by atoms with Crippen molar-refractivity contribution in [2.24, 2.45) is 11.8 Å². The van der Waals surface area contributed by atoms with E-state index in [1.165, 1.54) is 32.1 Å². The van der Waals surface area contributed by atoms with Gasteiger partial charge in [0.1, 0.15) is 6.61 Å². The molecular formula is C13H24O2. The number of ketones is 1. The fraction of sp³-hybridized carbons (Fsp3) is 0.923. The molecule has 1 saturated carbocycles. The van der Waals surface area contributed by atoms with Crippen LogP contribution in [-0.2, 0) is 9.53 Å². The van der Waals surface area contributed by atoms with Gasteiger partial charge in [0.15, 0.2) is 5.78 Å². The average molecular weight is 212 g/mol. The number of ether oxygens (including phenoxy) is 1. The SMILES string of the molecule is CCCCC1CCC(C(=O)COC)CC1. The smallest absolute Gasteiger partial charge is 0.161 e. The molecule has 2 heteroatoms. The molecule has 0 radical (unpaired) electrons. The molecule has 1 aliphatic carbocycles. The molecule has 1 rings (SSSR count). The number of hydrogen-bond acceptors (Lipinski definition) is 2. The quantitative estimate of drug-likeness (QED) is 0.676. The molecule has 0 aromatic rings. The highest BCUT2D eigenvalue weighted by molar-refractivity contribution is 5.82. The minimum atomic E-state index is 0.294. The van der Waals surface area contributed by atoms with E-state index < -0.39 is 0 Å². The molecule has 88 valence electrons. The van der Waals surface area contributed by atoms with E-state index >= 15 is 0 Å². The van der Waals surface area contributed by atoms with Crippen molar-refractivity contribution in [2.45, 2.75) is 51.9 Å². The van der Waals surface area contributed by atoms with Crippen LogP contribution in [0.25, 0.3) is 0 Å². The van der Waals surface area contributed by atoms with Crippen LogP contribution >= 0.6 is 0 Å². The highest BCUT2D eigenvalue weighted by atomic mass is 16.5. The molecule has 0 heterocycles. The first-order valence-corrected chi connectivity index (χ1v) is 6.29. The molecule has 0 spiro atoms. The Hall–Kier alpha value is -0.370. The first-order valence-electron chi connectivity index (χ1n) is 6.29. The predicted molar refractivity (Wildman–Crippen MR) is 61.9 cm³/mol. The Labute approximate surface area is 93.4 Å². The summed E-state index contributed by atoms with van der Waals surface area (Å²) in [5.41, 5.74) is 0. The molecule has 1 fully saturated rings. The average Bonchev–Trinajstić information content (AvgIpc) is 2.27. The van der Waals surface area contributed by atoms with Crippen LogP contribution in [-0.4, -0.2) is 19.5 Å². The standard InChI is InChI=1S/C13H24O2/c1-3-4-5-11-6-8-12(9-7-11)13(14)10-15-2/h11-12H,3-10H2,1-2H3. The van der Waals surface area contributed by atoms with Crippen LogP contribution in [0.5, 0.6) is 0 Å². The van der Waals surface area contributed by atoms with Crippen molar-refractivity contribution < 1.29 is 9.53 Å². The summed E-state index contributed by atoms with van der Waals surface area (Å²) in [6.07, 6.45) is 8.69. The zero-order chi connectivity index (χ0) is 11.1. The van der Waals surface area contributed by atoms with Crippen LogP contribution in [0.15, 0.2) is 0 Å². The van der Waals surface area contributed by atoms with Crippen LogP contribution in [0.2, 0.25) is 0 Å². The van der Waals surface area contributed by atoms with Gasteiger partial charge in [-0.2, -0.15) is 0 Å². The Kier molecular flexibility index (Phi) is 5.92. The molecule has 0 atom stereocenters. The number of Topliss-reactive ketones (excluding diaryl/α,β-unsaturated/α-hetero) is 1. The maximum atomic E-state index is 11.6. The first-order chi connectivity index (χ1) is 7.27. The van der Waals surface area contributed by atoms with E-state index in [1.54, 1.807) is 7.11 Å². The van der Waals surface area contributed by atoms with Gasteiger partial charge in [-0.3, -0.25) is 4.79 Å². The van der Waals surface area contributed by atoms with Gasteiger partial charge in [-0.15, -0.1) is 0 Å². The van der Waals surface area contributed by atoms with Crippen molar-refractivity contribution in [2.75, 3.05) is 13.7 Å². The number of rotatable bonds is 6. The van der Waals surface area contributed by atoms with Crippen molar-refractivity contribution in [1.82, 2.24) is 0 Å². The van der Waals surface area contributed by atoms with Crippen molar-refractivity contribution in [3.05, 3.63) is 0 Å². The fourth-order valence-electron chi connectivity index (χ4n) is 2.53. The Morgan fingerprint density at radius 3 is 2.47 bits per heavy atom. The van der Waals surface area contributed by atoms with E-state index in [4.69, 9.17) is 4.74 Å². The number of carbonyl (C=O) groups excluding carboxylic acids is 1. The lowest BCUT2D eigenvalue weighted by atomic mass is 9.78.